The molecule has 0 saturated heterocycles. The molecule has 138 valence electrons. The van der Waals surface area contributed by atoms with Gasteiger partial charge in [-0.1, -0.05) is 18.2 Å². The molecule has 0 spiro atoms. The van der Waals surface area contributed by atoms with Gasteiger partial charge < -0.3 is 15.2 Å². The van der Waals surface area contributed by atoms with E-state index < -0.39 is 5.82 Å². The number of anilines is 1. The monoisotopic (exact) mass is 366 g/mol. The first-order valence-corrected chi connectivity index (χ1v) is 8.87. The summed E-state index contributed by atoms with van der Waals surface area (Å²) in [6.07, 6.45) is 1.86. The number of imidazole rings is 1. The molecule has 0 atom stereocenters. The van der Waals surface area contributed by atoms with Crippen LogP contribution in [-0.2, 0) is 22.7 Å². The summed E-state index contributed by atoms with van der Waals surface area (Å²) < 4.78 is 15.1. The maximum atomic E-state index is 13.3. The lowest BCUT2D eigenvalue weighted by Crippen LogP contribution is -2.27. The Labute approximate surface area is 155 Å². The maximum absolute atomic E-state index is 13.3. The van der Waals surface area contributed by atoms with E-state index in [2.05, 4.69) is 15.6 Å². The van der Waals surface area contributed by atoms with Crippen molar-refractivity contribution in [2.24, 2.45) is 5.92 Å². The first kappa shape index (κ1) is 17.2. The zero-order valence-corrected chi connectivity index (χ0v) is 14.6. The van der Waals surface area contributed by atoms with Gasteiger partial charge in [-0.15, -0.1) is 0 Å². The van der Waals surface area contributed by atoms with Crippen molar-refractivity contribution in [2.45, 2.75) is 25.9 Å². The second-order valence-corrected chi connectivity index (χ2v) is 6.65. The molecule has 2 amide bonds. The normalized spacial score (nSPS) is 13.5. The van der Waals surface area contributed by atoms with Gasteiger partial charge in [0.1, 0.15) is 18.2 Å². The number of halogens is 1. The van der Waals surface area contributed by atoms with Crippen molar-refractivity contribution in [1.29, 1.82) is 0 Å². The third-order valence-corrected chi connectivity index (χ3v) is 4.51. The summed E-state index contributed by atoms with van der Waals surface area (Å²) in [7, 11) is 0. The highest BCUT2D eigenvalue weighted by Gasteiger charge is 2.29. The van der Waals surface area contributed by atoms with E-state index >= 15 is 0 Å². The highest BCUT2D eigenvalue weighted by atomic mass is 19.1. The summed E-state index contributed by atoms with van der Waals surface area (Å²) in [4.78, 5) is 29.0. The SMILES string of the molecule is O=C(Cn1c(CNC(=O)C2CC2)nc2ccccc21)Nc1cccc(F)c1. The molecule has 7 heteroatoms. The van der Waals surface area contributed by atoms with Crippen LogP contribution in [0, 0.1) is 11.7 Å². The smallest absolute Gasteiger partial charge is 0.244 e. The van der Waals surface area contributed by atoms with E-state index in [1.807, 2.05) is 24.3 Å². The lowest BCUT2D eigenvalue weighted by Gasteiger charge is -2.11. The summed E-state index contributed by atoms with van der Waals surface area (Å²) in [6.45, 7) is 0.281. The van der Waals surface area contributed by atoms with Crippen LogP contribution < -0.4 is 10.6 Å². The molecular formula is C20H19FN4O2. The van der Waals surface area contributed by atoms with Crippen molar-refractivity contribution < 1.29 is 14.0 Å². The van der Waals surface area contributed by atoms with Gasteiger partial charge in [-0.05, 0) is 43.2 Å². The number of rotatable bonds is 6. The Kier molecular flexibility index (Phi) is 4.58. The second kappa shape index (κ2) is 7.19. The summed E-state index contributed by atoms with van der Waals surface area (Å²) in [6, 6.07) is 13.2. The molecule has 6 nitrogen and oxygen atoms in total. The van der Waals surface area contributed by atoms with Crippen molar-refractivity contribution in [3.05, 3.63) is 60.2 Å². The van der Waals surface area contributed by atoms with Crippen molar-refractivity contribution in [2.75, 3.05) is 5.32 Å². The fraction of sp³-hybridized carbons (Fsp3) is 0.250. The van der Waals surface area contributed by atoms with Gasteiger partial charge in [0.2, 0.25) is 11.8 Å². The molecule has 4 rings (SSSR count). The molecular weight excluding hydrogens is 347 g/mol. The largest absolute Gasteiger partial charge is 0.349 e. The van der Waals surface area contributed by atoms with E-state index in [0.717, 1.165) is 23.9 Å². The number of benzene rings is 2. The Morgan fingerprint density at radius 3 is 2.74 bits per heavy atom. The Bertz CT molecular complexity index is 1010. The lowest BCUT2D eigenvalue weighted by atomic mass is 10.3. The third-order valence-electron chi connectivity index (χ3n) is 4.51. The minimum absolute atomic E-state index is 0.0195. The topological polar surface area (TPSA) is 76.0 Å². The molecule has 1 heterocycles. The van der Waals surface area contributed by atoms with Crippen LogP contribution in [0.3, 0.4) is 0 Å². The predicted octanol–water partition coefficient (Wildman–Crippen LogP) is 2.84. The van der Waals surface area contributed by atoms with Crippen LogP contribution in [0.25, 0.3) is 11.0 Å². The molecule has 1 aromatic heterocycles. The van der Waals surface area contributed by atoms with Crippen LogP contribution in [0.5, 0.6) is 0 Å². The van der Waals surface area contributed by atoms with Gasteiger partial charge in [0.25, 0.3) is 0 Å². The first-order chi connectivity index (χ1) is 13.1. The second-order valence-electron chi connectivity index (χ2n) is 6.65. The average molecular weight is 366 g/mol. The van der Waals surface area contributed by atoms with Crippen LogP contribution >= 0.6 is 0 Å². The molecule has 0 unspecified atom stereocenters. The summed E-state index contributed by atoms with van der Waals surface area (Å²) in [5.74, 6) is 0.0411. The summed E-state index contributed by atoms with van der Waals surface area (Å²) in [5, 5.41) is 5.58. The Hall–Kier alpha value is -3.22. The zero-order chi connectivity index (χ0) is 18.8. The van der Waals surface area contributed by atoms with Crippen molar-refractivity contribution in [3.8, 4) is 0 Å². The number of nitrogens with one attached hydrogen (secondary N) is 2. The van der Waals surface area contributed by atoms with Crippen LogP contribution in [0.2, 0.25) is 0 Å². The van der Waals surface area contributed by atoms with E-state index in [1.54, 1.807) is 10.6 Å². The Morgan fingerprint density at radius 2 is 1.96 bits per heavy atom. The van der Waals surface area contributed by atoms with Gasteiger partial charge in [-0.3, -0.25) is 9.59 Å². The number of hydrogen-bond donors (Lipinski definition) is 2. The predicted molar refractivity (Wildman–Crippen MR) is 99.3 cm³/mol. The number of hydrogen-bond acceptors (Lipinski definition) is 3. The maximum Gasteiger partial charge on any atom is 0.244 e. The van der Waals surface area contributed by atoms with Crippen LogP contribution in [0.1, 0.15) is 18.7 Å². The van der Waals surface area contributed by atoms with E-state index in [4.69, 9.17) is 0 Å². The molecule has 0 aliphatic heterocycles. The summed E-state index contributed by atoms with van der Waals surface area (Å²) in [5.41, 5.74) is 1.96. The molecule has 1 aliphatic rings. The number of aromatic nitrogens is 2. The average Bonchev–Trinajstić information content (AvgIpc) is 3.44. The molecule has 1 aliphatic carbocycles. The highest BCUT2D eigenvalue weighted by molar-refractivity contribution is 5.91. The Balaban J connectivity index is 1.54. The van der Waals surface area contributed by atoms with E-state index in [-0.39, 0.29) is 30.8 Å². The lowest BCUT2D eigenvalue weighted by molar-refractivity contribution is -0.122. The minimum atomic E-state index is -0.413. The number of carbonyl (C=O) groups is 2. The van der Waals surface area contributed by atoms with Gasteiger partial charge in [0.15, 0.2) is 0 Å². The van der Waals surface area contributed by atoms with E-state index in [0.29, 0.717) is 11.5 Å². The molecule has 0 radical (unpaired) electrons. The van der Waals surface area contributed by atoms with Crippen molar-refractivity contribution in [1.82, 2.24) is 14.9 Å². The number of para-hydroxylation sites is 2. The van der Waals surface area contributed by atoms with Gasteiger partial charge in [-0.2, -0.15) is 0 Å². The van der Waals surface area contributed by atoms with Gasteiger partial charge in [-0.25, -0.2) is 9.37 Å². The van der Waals surface area contributed by atoms with E-state index in [1.165, 1.54) is 18.2 Å². The Morgan fingerprint density at radius 1 is 1.15 bits per heavy atom. The van der Waals surface area contributed by atoms with Crippen LogP contribution in [-0.4, -0.2) is 21.4 Å². The number of nitrogens with zero attached hydrogens (tertiary/aromatic N) is 2. The molecule has 27 heavy (non-hydrogen) atoms. The molecule has 0 bridgehead atoms. The number of amides is 2. The molecule has 1 fully saturated rings. The van der Waals surface area contributed by atoms with Gasteiger partial charge >= 0.3 is 0 Å². The summed E-state index contributed by atoms with van der Waals surface area (Å²) >= 11 is 0. The van der Waals surface area contributed by atoms with Crippen LogP contribution in [0.15, 0.2) is 48.5 Å². The highest BCUT2D eigenvalue weighted by Crippen LogP contribution is 2.28. The number of fused-ring (bicyclic) bond motifs is 1. The first-order valence-electron chi connectivity index (χ1n) is 8.87. The van der Waals surface area contributed by atoms with E-state index in [9.17, 15) is 14.0 Å². The van der Waals surface area contributed by atoms with Crippen LogP contribution in [0.4, 0.5) is 10.1 Å². The van der Waals surface area contributed by atoms with Crippen molar-refractivity contribution in [3.63, 3.8) is 0 Å². The van der Waals surface area contributed by atoms with Gasteiger partial charge in [0, 0.05) is 11.6 Å². The quantitative estimate of drug-likeness (QED) is 0.704. The zero-order valence-electron chi connectivity index (χ0n) is 14.6. The fourth-order valence-corrected chi connectivity index (χ4v) is 3.00. The van der Waals surface area contributed by atoms with Crippen molar-refractivity contribution >= 4 is 28.5 Å². The molecule has 2 N–H and O–H groups in total. The third kappa shape index (κ3) is 3.97. The molecule has 1 saturated carbocycles. The minimum Gasteiger partial charge on any atom is -0.349 e. The molecule has 2 aromatic carbocycles. The standard InChI is InChI=1S/C20H19FN4O2/c21-14-4-3-5-15(10-14)23-19(26)12-25-17-7-2-1-6-16(17)24-18(25)11-22-20(27)13-8-9-13/h1-7,10,13H,8-9,11-12H2,(H,22,27)(H,23,26). The fourth-order valence-electron chi connectivity index (χ4n) is 3.00. The number of carbonyl (C=O) groups excluding carboxylic acids is 2. The van der Waals surface area contributed by atoms with Gasteiger partial charge in [0.05, 0.1) is 17.6 Å². The molecule has 3 aromatic rings.